The van der Waals surface area contributed by atoms with Crippen LogP contribution in [0.3, 0.4) is 0 Å². The van der Waals surface area contributed by atoms with Gasteiger partial charge < -0.3 is 26.4 Å². The SMILES string of the molecule is CNC(=O)c1ccc(NCC#Cc2nn3c(N[C@H]4CCC[C@H](N)CC4)cccc3c2SC(F)(F)F)c(OC)c1. The number of hydrogen-bond acceptors (Lipinski definition) is 7. The van der Waals surface area contributed by atoms with E-state index in [-0.39, 0.29) is 46.9 Å². The molecular weight excluding hydrogens is 529 g/mol. The molecule has 5 N–H and O–H groups in total. The normalized spacial score (nSPS) is 17.6. The first-order chi connectivity index (χ1) is 18.7. The molecule has 0 radical (unpaired) electrons. The summed E-state index contributed by atoms with van der Waals surface area (Å²) in [5.74, 6) is 6.47. The van der Waals surface area contributed by atoms with E-state index in [0.29, 0.717) is 28.3 Å². The Morgan fingerprint density at radius 1 is 1.23 bits per heavy atom. The molecule has 0 aliphatic heterocycles. The molecule has 208 valence electrons. The number of benzene rings is 1. The van der Waals surface area contributed by atoms with Gasteiger partial charge in [0.25, 0.3) is 5.91 Å². The molecule has 0 bridgehead atoms. The van der Waals surface area contributed by atoms with Gasteiger partial charge >= 0.3 is 5.51 Å². The molecule has 2 atom stereocenters. The second-order valence-electron chi connectivity index (χ2n) is 9.19. The van der Waals surface area contributed by atoms with Crippen LogP contribution in [0.25, 0.3) is 5.52 Å². The summed E-state index contributed by atoms with van der Waals surface area (Å²) in [5.41, 5.74) is 2.99. The lowest BCUT2D eigenvalue weighted by molar-refractivity contribution is -0.0327. The van der Waals surface area contributed by atoms with Gasteiger partial charge in [0.1, 0.15) is 17.3 Å². The van der Waals surface area contributed by atoms with Crippen LogP contribution in [0.15, 0.2) is 41.3 Å². The number of nitrogens with one attached hydrogen (secondary N) is 3. The van der Waals surface area contributed by atoms with Gasteiger partial charge in [-0.1, -0.05) is 12.0 Å². The molecule has 3 aromatic rings. The third-order valence-corrected chi connectivity index (χ3v) is 7.30. The van der Waals surface area contributed by atoms with Crippen LogP contribution < -0.4 is 26.4 Å². The van der Waals surface area contributed by atoms with Crippen molar-refractivity contribution in [2.45, 2.75) is 54.6 Å². The first kappa shape index (κ1) is 28.4. The van der Waals surface area contributed by atoms with Crippen molar-refractivity contribution in [3.63, 3.8) is 0 Å². The highest BCUT2D eigenvalue weighted by molar-refractivity contribution is 8.00. The van der Waals surface area contributed by atoms with E-state index in [1.165, 1.54) is 18.7 Å². The second kappa shape index (κ2) is 12.5. The van der Waals surface area contributed by atoms with Gasteiger partial charge in [0, 0.05) is 24.7 Å². The molecule has 1 amide bonds. The van der Waals surface area contributed by atoms with Crippen LogP contribution in [-0.4, -0.2) is 53.8 Å². The first-order valence-corrected chi connectivity index (χ1v) is 13.4. The van der Waals surface area contributed by atoms with Crippen molar-refractivity contribution in [2.24, 2.45) is 5.73 Å². The number of carbonyl (C=O) groups excluding carboxylic acids is 1. The van der Waals surface area contributed by atoms with Crippen molar-refractivity contribution in [1.82, 2.24) is 14.9 Å². The summed E-state index contributed by atoms with van der Waals surface area (Å²) >= 11 is -0.220. The Morgan fingerprint density at radius 2 is 2.05 bits per heavy atom. The summed E-state index contributed by atoms with van der Waals surface area (Å²) in [5, 5.41) is 13.5. The number of nitrogens with zero attached hydrogens (tertiary/aromatic N) is 2. The Balaban J connectivity index is 1.58. The summed E-state index contributed by atoms with van der Waals surface area (Å²) in [7, 11) is 3.01. The number of halogens is 3. The lowest BCUT2D eigenvalue weighted by Gasteiger charge is -2.18. The van der Waals surface area contributed by atoms with Crippen molar-refractivity contribution in [3.8, 4) is 17.6 Å². The van der Waals surface area contributed by atoms with Gasteiger partial charge in [-0.05, 0) is 80.1 Å². The molecule has 8 nitrogen and oxygen atoms in total. The van der Waals surface area contributed by atoms with E-state index in [2.05, 4.69) is 32.9 Å². The summed E-state index contributed by atoms with van der Waals surface area (Å²) in [4.78, 5) is 11.8. The molecule has 1 aliphatic rings. The molecule has 2 heterocycles. The number of aromatic nitrogens is 2. The Labute approximate surface area is 229 Å². The molecule has 1 aliphatic carbocycles. The van der Waals surface area contributed by atoms with Gasteiger partial charge in [-0.15, -0.1) is 0 Å². The number of fused-ring (bicyclic) bond motifs is 1. The van der Waals surface area contributed by atoms with Crippen molar-refractivity contribution in [1.29, 1.82) is 0 Å². The fourth-order valence-electron chi connectivity index (χ4n) is 4.53. The smallest absolute Gasteiger partial charge is 0.446 e. The number of rotatable bonds is 7. The minimum absolute atomic E-state index is 0.0400. The maximum absolute atomic E-state index is 13.5. The summed E-state index contributed by atoms with van der Waals surface area (Å²) < 4.78 is 47.3. The van der Waals surface area contributed by atoms with E-state index < -0.39 is 5.51 Å². The first-order valence-electron chi connectivity index (χ1n) is 12.6. The maximum atomic E-state index is 13.5. The highest BCUT2D eigenvalue weighted by Gasteiger charge is 2.33. The molecule has 39 heavy (non-hydrogen) atoms. The van der Waals surface area contributed by atoms with Crippen LogP contribution in [-0.2, 0) is 0 Å². The highest BCUT2D eigenvalue weighted by atomic mass is 32.2. The van der Waals surface area contributed by atoms with Crippen molar-refractivity contribution < 1.29 is 22.7 Å². The fourth-order valence-corrected chi connectivity index (χ4v) is 5.21. The highest BCUT2D eigenvalue weighted by Crippen LogP contribution is 2.41. The standard InChI is InChI=1S/C27H31F3N6O2S/c1-32-26(37)17-11-14-20(23(16-17)38-2)33-15-5-8-21-25(39-27(28,29)30)22-9-4-10-24(36(22)35-21)34-19-7-3-6-18(31)12-13-19/h4,9-11,14,16,18-19,33-34H,3,6-7,12-13,15,31H2,1-2H3,(H,32,37)/t18-,19-/m0/s1. The van der Waals surface area contributed by atoms with E-state index in [1.54, 1.807) is 36.4 Å². The molecule has 0 spiro atoms. The van der Waals surface area contributed by atoms with Crippen LogP contribution in [0.5, 0.6) is 5.75 Å². The van der Waals surface area contributed by atoms with Gasteiger partial charge in [-0.3, -0.25) is 4.79 Å². The van der Waals surface area contributed by atoms with Crippen LogP contribution >= 0.6 is 11.8 Å². The average molecular weight is 561 g/mol. The molecule has 0 unspecified atom stereocenters. The number of nitrogens with two attached hydrogens (primary N) is 1. The number of methoxy groups -OCH3 is 1. The van der Waals surface area contributed by atoms with Crippen LogP contribution in [0.2, 0.25) is 0 Å². The van der Waals surface area contributed by atoms with E-state index >= 15 is 0 Å². The zero-order valence-electron chi connectivity index (χ0n) is 21.7. The zero-order chi connectivity index (χ0) is 28.0. The summed E-state index contributed by atoms with van der Waals surface area (Å²) in [6.45, 7) is 0.118. The summed E-state index contributed by atoms with van der Waals surface area (Å²) in [6, 6.07) is 10.4. The Hall–Kier alpha value is -3.56. The number of amides is 1. The number of pyridine rings is 1. The van der Waals surface area contributed by atoms with Gasteiger partial charge in [0.05, 0.1) is 29.8 Å². The molecule has 12 heteroatoms. The second-order valence-corrected chi connectivity index (χ2v) is 10.3. The molecule has 1 saturated carbocycles. The topological polar surface area (TPSA) is 106 Å². The molecule has 0 saturated heterocycles. The van der Waals surface area contributed by atoms with E-state index in [9.17, 15) is 18.0 Å². The maximum Gasteiger partial charge on any atom is 0.446 e. The fraction of sp³-hybridized carbons (Fsp3) is 0.407. The van der Waals surface area contributed by atoms with Crippen molar-refractivity contribution in [3.05, 3.63) is 47.7 Å². The average Bonchev–Trinajstić information content (AvgIpc) is 3.11. The predicted molar refractivity (Wildman–Crippen MR) is 147 cm³/mol. The quantitative estimate of drug-likeness (QED) is 0.186. The number of thioether (sulfide) groups is 1. The van der Waals surface area contributed by atoms with Crippen LogP contribution in [0.1, 0.15) is 48.2 Å². The van der Waals surface area contributed by atoms with E-state index in [1.807, 2.05) is 0 Å². The lowest BCUT2D eigenvalue weighted by atomic mass is 10.1. The Morgan fingerprint density at radius 3 is 2.79 bits per heavy atom. The van der Waals surface area contributed by atoms with E-state index in [0.717, 1.165) is 32.1 Å². The number of anilines is 2. The summed E-state index contributed by atoms with van der Waals surface area (Å²) in [6.07, 6.45) is 4.67. The van der Waals surface area contributed by atoms with Gasteiger partial charge in [0.2, 0.25) is 0 Å². The van der Waals surface area contributed by atoms with Crippen LogP contribution in [0.4, 0.5) is 24.7 Å². The Kier molecular flexibility index (Phi) is 9.14. The van der Waals surface area contributed by atoms with Gasteiger partial charge in [-0.25, -0.2) is 4.52 Å². The largest absolute Gasteiger partial charge is 0.495 e. The predicted octanol–water partition coefficient (Wildman–Crippen LogP) is 4.85. The molecule has 4 rings (SSSR count). The molecular formula is C27H31F3N6O2S. The minimum Gasteiger partial charge on any atom is -0.495 e. The number of carbonyl (C=O) groups is 1. The van der Waals surface area contributed by atoms with Crippen molar-refractivity contribution >= 4 is 34.7 Å². The third kappa shape index (κ3) is 7.30. The zero-order valence-corrected chi connectivity index (χ0v) is 22.5. The Bertz CT molecular complexity index is 1380. The van der Waals surface area contributed by atoms with E-state index in [4.69, 9.17) is 10.5 Å². The number of alkyl halides is 3. The van der Waals surface area contributed by atoms with Gasteiger partial charge in [-0.2, -0.15) is 18.3 Å². The van der Waals surface area contributed by atoms with Crippen molar-refractivity contribution in [2.75, 3.05) is 31.3 Å². The molecule has 1 aromatic carbocycles. The number of hydrogen-bond donors (Lipinski definition) is 4. The van der Waals surface area contributed by atoms with Crippen LogP contribution in [0, 0.1) is 11.8 Å². The molecule has 2 aromatic heterocycles. The number of ether oxygens (including phenoxy) is 1. The van der Waals surface area contributed by atoms with Gasteiger partial charge in [0.15, 0.2) is 0 Å². The monoisotopic (exact) mass is 560 g/mol. The lowest BCUT2D eigenvalue weighted by Crippen LogP contribution is -2.22. The molecule has 1 fully saturated rings. The minimum atomic E-state index is -4.50. The third-order valence-electron chi connectivity index (χ3n) is 6.46.